The summed E-state index contributed by atoms with van der Waals surface area (Å²) in [6.07, 6.45) is 3.86. The van der Waals surface area contributed by atoms with Crippen molar-refractivity contribution in [2.24, 2.45) is 13.0 Å². The molecule has 1 saturated heterocycles. The maximum Gasteiger partial charge on any atom is 0.229 e. The van der Waals surface area contributed by atoms with E-state index in [4.69, 9.17) is 0 Å². The zero-order chi connectivity index (χ0) is 15.7. The summed E-state index contributed by atoms with van der Waals surface area (Å²) in [6, 6.07) is 6.05. The lowest BCUT2D eigenvalue weighted by molar-refractivity contribution is -0.119. The van der Waals surface area contributed by atoms with Crippen LogP contribution in [0, 0.1) is 19.8 Å². The summed E-state index contributed by atoms with van der Waals surface area (Å²) in [5, 5.41) is 10.7. The molecule has 0 radical (unpaired) electrons. The molecule has 1 aromatic carbocycles. The van der Waals surface area contributed by atoms with Crippen LogP contribution < -0.4 is 10.6 Å². The molecule has 2 N–H and O–H groups in total. The van der Waals surface area contributed by atoms with Crippen LogP contribution in [-0.4, -0.2) is 28.8 Å². The van der Waals surface area contributed by atoms with Crippen molar-refractivity contribution in [1.29, 1.82) is 0 Å². The molecule has 0 aliphatic carbocycles. The first kappa shape index (κ1) is 14.8. The number of amides is 1. The zero-order valence-electron chi connectivity index (χ0n) is 13.3. The van der Waals surface area contributed by atoms with Crippen molar-refractivity contribution >= 4 is 11.6 Å². The van der Waals surface area contributed by atoms with E-state index in [1.54, 1.807) is 4.68 Å². The first-order valence-electron chi connectivity index (χ1n) is 7.62. The summed E-state index contributed by atoms with van der Waals surface area (Å²) in [5.74, 6) is 0.192. The first-order chi connectivity index (χ1) is 10.6. The van der Waals surface area contributed by atoms with Crippen LogP contribution in [0.15, 0.2) is 30.6 Å². The van der Waals surface area contributed by atoms with Crippen molar-refractivity contribution in [3.05, 3.63) is 47.3 Å². The van der Waals surface area contributed by atoms with E-state index in [-0.39, 0.29) is 17.7 Å². The normalized spacial score (nSPS) is 21.0. The largest absolute Gasteiger partial charge is 0.325 e. The molecule has 2 aromatic rings. The molecule has 1 fully saturated rings. The van der Waals surface area contributed by atoms with E-state index in [2.05, 4.69) is 15.7 Å². The quantitative estimate of drug-likeness (QED) is 0.911. The molecule has 5 nitrogen and oxygen atoms in total. The summed E-state index contributed by atoms with van der Waals surface area (Å²) < 4.78 is 1.79. The van der Waals surface area contributed by atoms with Gasteiger partial charge < -0.3 is 10.6 Å². The average molecular weight is 298 g/mol. The van der Waals surface area contributed by atoms with Gasteiger partial charge in [0.25, 0.3) is 0 Å². The Morgan fingerprint density at radius 3 is 2.68 bits per heavy atom. The number of carbonyl (C=O) groups is 1. The maximum absolute atomic E-state index is 12.7. The fourth-order valence-electron chi connectivity index (χ4n) is 3.16. The molecule has 0 saturated carbocycles. The Labute approximate surface area is 130 Å². The molecule has 2 atom stereocenters. The van der Waals surface area contributed by atoms with Crippen molar-refractivity contribution in [2.75, 3.05) is 18.4 Å². The smallest absolute Gasteiger partial charge is 0.229 e. The third-order valence-corrected chi connectivity index (χ3v) is 4.43. The lowest BCUT2D eigenvalue weighted by Gasteiger charge is -2.19. The molecule has 5 heteroatoms. The van der Waals surface area contributed by atoms with Gasteiger partial charge in [-0.15, -0.1) is 0 Å². The number of anilines is 1. The van der Waals surface area contributed by atoms with Crippen molar-refractivity contribution in [3.63, 3.8) is 0 Å². The summed E-state index contributed by atoms with van der Waals surface area (Å²) in [6.45, 7) is 5.56. The van der Waals surface area contributed by atoms with E-state index in [0.29, 0.717) is 6.54 Å². The molecule has 0 bridgehead atoms. The van der Waals surface area contributed by atoms with Crippen LogP contribution in [0.1, 0.15) is 22.6 Å². The van der Waals surface area contributed by atoms with Gasteiger partial charge in [0.15, 0.2) is 0 Å². The number of hydrogen-bond acceptors (Lipinski definition) is 3. The van der Waals surface area contributed by atoms with Crippen LogP contribution >= 0.6 is 0 Å². The number of hydrogen-bond donors (Lipinski definition) is 2. The monoisotopic (exact) mass is 298 g/mol. The van der Waals surface area contributed by atoms with Crippen LogP contribution in [0.3, 0.4) is 0 Å². The lowest BCUT2D eigenvalue weighted by Crippen LogP contribution is -2.28. The van der Waals surface area contributed by atoms with Crippen molar-refractivity contribution in [2.45, 2.75) is 19.8 Å². The van der Waals surface area contributed by atoms with Crippen LogP contribution in [0.2, 0.25) is 0 Å². The van der Waals surface area contributed by atoms with Gasteiger partial charge in [-0.05, 0) is 30.5 Å². The molecular formula is C17H22N4O. The van der Waals surface area contributed by atoms with Crippen LogP contribution in [0.4, 0.5) is 5.69 Å². The summed E-state index contributed by atoms with van der Waals surface area (Å²) in [4.78, 5) is 12.7. The number of rotatable bonds is 3. The van der Waals surface area contributed by atoms with Crippen LogP contribution in [0.5, 0.6) is 0 Å². The second kappa shape index (κ2) is 5.93. The predicted molar refractivity (Wildman–Crippen MR) is 86.9 cm³/mol. The molecule has 0 spiro atoms. The Morgan fingerprint density at radius 2 is 2.05 bits per heavy atom. The molecular weight excluding hydrogens is 276 g/mol. The van der Waals surface area contributed by atoms with Crippen molar-refractivity contribution in [1.82, 2.24) is 15.1 Å². The van der Waals surface area contributed by atoms with Gasteiger partial charge >= 0.3 is 0 Å². The number of benzene rings is 1. The number of nitrogens with one attached hydrogen (secondary N) is 2. The molecule has 1 amide bonds. The number of aromatic nitrogens is 2. The summed E-state index contributed by atoms with van der Waals surface area (Å²) in [5.41, 5.74) is 4.24. The third-order valence-electron chi connectivity index (χ3n) is 4.43. The highest BCUT2D eigenvalue weighted by molar-refractivity contribution is 5.95. The number of para-hydroxylation sites is 1. The Hall–Kier alpha value is -2.14. The fraction of sp³-hybridized carbons (Fsp3) is 0.412. The van der Waals surface area contributed by atoms with E-state index >= 15 is 0 Å². The van der Waals surface area contributed by atoms with Gasteiger partial charge in [0.05, 0.1) is 12.1 Å². The highest BCUT2D eigenvalue weighted by atomic mass is 16.2. The Kier molecular flexibility index (Phi) is 3.98. The fourth-order valence-corrected chi connectivity index (χ4v) is 3.16. The number of carbonyl (C=O) groups excluding carboxylic acids is 1. The van der Waals surface area contributed by atoms with Gasteiger partial charge in [-0.2, -0.15) is 5.10 Å². The molecule has 2 heterocycles. The van der Waals surface area contributed by atoms with Gasteiger partial charge in [-0.25, -0.2) is 0 Å². The van der Waals surface area contributed by atoms with E-state index in [1.807, 2.05) is 51.5 Å². The average Bonchev–Trinajstić information content (AvgIpc) is 3.11. The molecule has 0 unspecified atom stereocenters. The standard InChI is InChI=1S/C17H22N4O/c1-11-5-4-6-12(2)16(11)20-17(22)15-9-18-8-14(15)13-7-19-21(3)10-13/h4-7,10,14-15,18H,8-9H2,1-3H3,(H,20,22)/t14-,15+/m1/s1. The van der Waals surface area contributed by atoms with Gasteiger partial charge in [-0.1, -0.05) is 18.2 Å². The van der Waals surface area contributed by atoms with Gasteiger partial charge in [0.2, 0.25) is 5.91 Å². The molecule has 22 heavy (non-hydrogen) atoms. The Bertz CT molecular complexity index is 671. The first-order valence-corrected chi connectivity index (χ1v) is 7.62. The molecule has 1 aromatic heterocycles. The Morgan fingerprint density at radius 1 is 1.32 bits per heavy atom. The van der Waals surface area contributed by atoms with Gasteiger partial charge in [-0.3, -0.25) is 9.48 Å². The summed E-state index contributed by atoms with van der Waals surface area (Å²) in [7, 11) is 1.90. The second-order valence-corrected chi connectivity index (χ2v) is 6.07. The van der Waals surface area contributed by atoms with Crippen molar-refractivity contribution < 1.29 is 4.79 Å². The van der Waals surface area contributed by atoms with E-state index in [9.17, 15) is 4.79 Å². The van der Waals surface area contributed by atoms with Crippen LogP contribution in [-0.2, 0) is 11.8 Å². The lowest BCUT2D eigenvalue weighted by atomic mass is 9.90. The second-order valence-electron chi connectivity index (χ2n) is 6.07. The highest BCUT2D eigenvalue weighted by Crippen LogP contribution is 2.29. The third kappa shape index (κ3) is 2.76. The molecule has 116 valence electrons. The highest BCUT2D eigenvalue weighted by Gasteiger charge is 2.34. The maximum atomic E-state index is 12.7. The van der Waals surface area contributed by atoms with Gasteiger partial charge in [0, 0.05) is 37.9 Å². The minimum atomic E-state index is -0.0665. The van der Waals surface area contributed by atoms with Crippen LogP contribution in [0.25, 0.3) is 0 Å². The molecule has 3 rings (SSSR count). The van der Waals surface area contributed by atoms with Gasteiger partial charge in [0.1, 0.15) is 0 Å². The Balaban J connectivity index is 1.79. The van der Waals surface area contributed by atoms with E-state index < -0.39 is 0 Å². The minimum Gasteiger partial charge on any atom is -0.325 e. The number of nitrogens with zero attached hydrogens (tertiary/aromatic N) is 2. The van der Waals surface area contributed by atoms with E-state index in [0.717, 1.165) is 28.9 Å². The SMILES string of the molecule is Cc1cccc(C)c1NC(=O)[C@H]1CNC[C@@H]1c1cnn(C)c1. The van der Waals surface area contributed by atoms with E-state index in [1.165, 1.54) is 0 Å². The zero-order valence-corrected chi connectivity index (χ0v) is 13.3. The summed E-state index contributed by atoms with van der Waals surface area (Å²) >= 11 is 0. The molecule has 1 aliphatic rings. The van der Waals surface area contributed by atoms with Crippen molar-refractivity contribution in [3.8, 4) is 0 Å². The minimum absolute atomic E-state index is 0.0665. The topological polar surface area (TPSA) is 59.0 Å². The predicted octanol–water partition coefficient (Wildman–Crippen LogP) is 1.98. The molecule has 1 aliphatic heterocycles. The number of aryl methyl sites for hydroxylation is 3.